The van der Waals surface area contributed by atoms with Gasteiger partial charge in [-0.1, -0.05) is 11.6 Å². The van der Waals surface area contributed by atoms with Crippen LogP contribution in [0.4, 0.5) is 8.78 Å². The van der Waals surface area contributed by atoms with Crippen LogP contribution in [0, 0.1) is 17.6 Å². The summed E-state index contributed by atoms with van der Waals surface area (Å²) >= 11 is 0. The lowest BCUT2D eigenvalue weighted by Crippen LogP contribution is -2.39. The number of carbonyl (C=O) groups is 1. The standard InChI is InChI=1S/C15H16F2N2O2/c16-10-4-5-12(17)11(6-10)13-7-14(21-19-13)15(20)18-8-9-2-1-3-9/h4-6,9,14H,1-3,7-8H2,(H,18,20). The van der Waals surface area contributed by atoms with E-state index in [1.54, 1.807) is 0 Å². The second-order valence-electron chi connectivity index (χ2n) is 5.50. The van der Waals surface area contributed by atoms with Gasteiger partial charge < -0.3 is 10.2 Å². The summed E-state index contributed by atoms with van der Waals surface area (Å²) in [5.41, 5.74) is 0.306. The Bertz CT molecular complexity index is 585. The highest BCUT2D eigenvalue weighted by Crippen LogP contribution is 2.25. The summed E-state index contributed by atoms with van der Waals surface area (Å²) in [6.45, 7) is 0.641. The van der Waals surface area contributed by atoms with Crippen molar-refractivity contribution in [3.63, 3.8) is 0 Å². The average Bonchev–Trinajstić information content (AvgIpc) is 2.89. The first-order valence-corrected chi connectivity index (χ1v) is 7.09. The monoisotopic (exact) mass is 294 g/mol. The van der Waals surface area contributed by atoms with Gasteiger partial charge in [-0.2, -0.15) is 0 Å². The lowest BCUT2D eigenvalue weighted by molar-refractivity contribution is -0.131. The minimum atomic E-state index is -0.761. The maximum Gasteiger partial charge on any atom is 0.264 e. The Balaban J connectivity index is 1.58. The van der Waals surface area contributed by atoms with Crippen molar-refractivity contribution in [2.45, 2.75) is 31.8 Å². The minimum Gasteiger partial charge on any atom is -0.382 e. The lowest BCUT2D eigenvalue weighted by Gasteiger charge is -2.25. The van der Waals surface area contributed by atoms with Crippen LogP contribution >= 0.6 is 0 Å². The molecule has 1 aromatic carbocycles. The summed E-state index contributed by atoms with van der Waals surface area (Å²) < 4.78 is 26.8. The maximum atomic E-state index is 13.7. The van der Waals surface area contributed by atoms with Crippen LogP contribution in [0.2, 0.25) is 0 Å². The van der Waals surface area contributed by atoms with Gasteiger partial charge in [0.25, 0.3) is 5.91 Å². The molecule has 1 saturated carbocycles. The molecule has 2 aliphatic rings. The molecule has 0 aromatic heterocycles. The highest BCUT2D eigenvalue weighted by Gasteiger charge is 2.30. The third kappa shape index (κ3) is 3.04. The normalized spacial score (nSPS) is 21.4. The second kappa shape index (κ2) is 5.79. The van der Waals surface area contributed by atoms with E-state index in [9.17, 15) is 13.6 Å². The van der Waals surface area contributed by atoms with E-state index in [1.165, 1.54) is 6.42 Å². The summed E-state index contributed by atoms with van der Waals surface area (Å²) in [5.74, 6) is -0.824. The number of rotatable bonds is 4. The van der Waals surface area contributed by atoms with Gasteiger partial charge in [-0.05, 0) is 37.0 Å². The first-order chi connectivity index (χ1) is 10.1. The smallest absolute Gasteiger partial charge is 0.264 e. The molecule has 0 spiro atoms. The van der Waals surface area contributed by atoms with Gasteiger partial charge in [-0.25, -0.2) is 8.78 Å². The van der Waals surface area contributed by atoms with E-state index in [-0.39, 0.29) is 23.6 Å². The van der Waals surface area contributed by atoms with Crippen molar-refractivity contribution in [1.29, 1.82) is 0 Å². The fraction of sp³-hybridized carbons (Fsp3) is 0.467. The van der Waals surface area contributed by atoms with Crippen LogP contribution in [-0.2, 0) is 9.63 Å². The molecule has 0 saturated heterocycles. The molecule has 3 rings (SSSR count). The Hall–Kier alpha value is -1.98. The number of hydrogen-bond donors (Lipinski definition) is 1. The fourth-order valence-corrected chi connectivity index (χ4v) is 2.45. The van der Waals surface area contributed by atoms with Crippen LogP contribution in [-0.4, -0.2) is 24.3 Å². The molecular weight excluding hydrogens is 278 g/mol. The zero-order chi connectivity index (χ0) is 14.8. The van der Waals surface area contributed by atoms with Gasteiger partial charge in [-0.15, -0.1) is 0 Å². The summed E-state index contributed by atoms with van der Waals surface area (Å²) in [7, 11) is 0. The Morgan fingerprint density at radius 3 is 2.90 bits per heavy atom. The van der Waals surface area contributed by atoms with Crippen LogP contribution in [0.5, 0.6) is 0 Å². The number of oxime groups is 1. The predicted molar refractivity (Wildman–Crippen MR) is 72.7 cm³/mol. The van der Waals surface area contributed by atoms with Gasteiger partial charge in [0.2, 0.25) is 6.10 Å². The molecule has 1 aliphatic carbocycles. The lowest BCUT2D eigenvalue weighted by atomic mass is 9.85. The SMILES string of the molecule is O=C(NCC1CCC1)C1CC(c2cc(F)ccc2F)=NO1. The Morgan fingerprint density at radius 1 is 1.38 bits per heavy atom. The Morgan fingerprint density at radius 2 is 2.19 bits per heavy atom. The molecule has 0 radical (unpaired) electrons. The molecule has 6 heteroatoms. The number of nitrogens with one attached hydrogen (secondary N) is 1. The van der Waals surface area contributed by atoms with Gasteiger partial charge in [-0.3, -0.25) is 4.79 Å². The highest BCUT2D eigenvalue weighted by molar-refractivity contribution is 6.04. The molecule has 1 aliphatic heterocycles. The van der Waals surface area contributed by atoms with Gasteiger partial charge in [0.1, 0.15) is 11.6 Å². The number of benzene rings is 1. The van der Waals surface area contributed by atoms with E-state index >= 15 is 0 Å². The first kappa shape index (κ1) is 14.0. The van der Waals surface area contributed by atoms with Crippen LogP contribution in [0.3, 0.4) is 0 Å². The van der Waals surface area contributed by atoms with Crippen molar-refractivity contribution < 1.29 is 18.4 Å². The highest BCUT2D eigenvalue weighted by atomic mass is 19.1. The fourth-order valence-electron chi connectivity index (χ4n) is 2.45. The number of amides is 1. The topological polar surface area (TPSA) is 50.7 Å². The van der Waals surface area contributed by atoms with E-state index in [0.29, 0.717) is 12.5 Å². The van der Waals surface area contributed by atoms with E-state index < -0.39 is 17.7 Å². The van der Waals surface area contributed by atoms with Crippen LogP contribution in [0.15, 0.2) is 23.4 Å². The zero-order valence-corrected chi connectivity index (χ0v) is 11.4. The zero-order valence-electron chi connectivity index (χ0n) is 11.4. The van der Waals surface area contributed by atoms with Gasteiger partial charge in [0.05, 0.1) is 5.71 Å². The van der Waals surface area contributed by atoms with Crippen molar-refractivity contribution in [2.75, 3.05) is 6.54 Å². The van der Waals surface area contributed by atoms with Crippen molar-refractivity contribution in [2.24, 2.45) is 11.1 Å². The maximum absolute atomic E-state index is 13.7. The summed E-state index contributed by atoms with van der Waals surface area (Å²) in [6.07, 6.45) is 2.89. The van der Waals surface area contributed by atoms with Crippen molar-refractivity contribution >= 4 is 11.6 Å². The predicted octanol–water partition coefficient (Wildman–Crippen LogP) is 2.37. The van der Waals surface area contributed by atoms with Crippen LogP contribution < -0.4 is 5.32 Å². The molecule has 1 atom stereocenters. The van der Waals surface area contributed by atoms with Crippen LogP contribution in [0.1, 0.15) is 31.2 Å². The summed E-state index contributed by atoms with van der Waals surface area (Å²) in [5, 5.41) is 6.54. The molecular formula is C15H16F2N2O2. The van der Waals surface area contributed by atoms with E-state index in [1.807, 2.05) is 0 Å². The molecule has 21 heavy (non-hydrogen) atoms. The van der Waals surface area contributed by atoms with E-state index in [4.69, 9.17) is 4.84 Å². The Labute approximate surface area is 121 Å². The molecule has 1 fully saturated rings. The van der Waals surface area contributed by atoms with Gasteiger partial charge in [0, 0.05) is 18.5 Å². The van der Waals surface area contributed by atoms with E-state index in [2.05, 4.69) is 10.5 Å². The molecule has 112 valence electrons. The molecule has 1 amide bonds. The average molecular weight is 294 g/mol. The Kier molecular flexibility index (Phi) is 3.86. The van der Waals surface area contributed by atoms with Crippen molar-refractivity contribution in [3.05, 3.63) is 35.4 Å². The number of halogens is 2. The number of carbonyl (C=O) groups excluding carboxylic acids is 1. The molecule has 1 unspecified atom stereocenters. The van der Waals surface area contributed by atoms with Crippen LogP contribution in [0.25, 0.3) is 0 Å². The first-order valence-electron chi connectivity index (χ1n) is 7.09. The second-order valence-corrected chi connectivity index (χ2v) is 5.50. The molecule has 1 aromatic rings. The molecule has 1 N–H and O–H groups in total. The summed E-state index contributed by atoms with van der Waals surface area (Å²) in [6, 6.07) is 3.14. The van der Waals surface area contributed by atoms with Crippen molar-refractivity contribution in [1.82, 2.24) is 5.32 Å². The minimum absolute atomic E-state index is 0.0456. The quantitative estimate of drug-likeness (QED) is 0.927. The molecule has 4 nitrogen and oxygen atoms in total. The van der Waals surface area contributed by atoms with Gasteiger partial charge in [0.15, 0.2) is 0 Å². The summed E-state index contributed by atoms with van der Waals surface area (Å²) in [4.78, 5) is 17.0. The number of nitrogens with zero attached hydrogens (tertiary/aromatic N) is 1. The molecule has 1 heterocycles. The molecule has 0 bridgehead atoms. The third-order valence-electron chi connectivity index (χ3n) is 3.99. The van der Waals surface area contributed by atoms with Gasteiger partial charge >= 0.3 is 0 Å². The van der Waals surface area contributed by atoms with Crippen molar-refractivity contribution in [3.8, 4) is 0 Å². The number of hydrogen-bond acceptors (Lipinski definition) is 3. The largest absolute Gasteiger partial charge is 0.382 e. The van der Waals surface area contributed by atoms with E-state index in [0.717, 1.165) is 31.0 Å². The third-order valence-corrected chi connectivity index (χ3v) is 3.99.